The predicted molar refractivity (Wildman–Crippen MR) is 98.0 cm³/mol. The number of benzene rings is 1. The second kappa shape index (κ2) is 9.39. The van der Waals surface area contributed by atoms with Gasteiger partial charge < -0.3 is 15.4 Å². The van der Waals surface area contributed by atoms with Crippen LogP contribution in [-0.4, -0.2) is 26.2 Å². The summed E-state index contributed by atoms with van der Waals surface area (Å²) in [5, 5.41) is 8.60. The Morgan fingerprint density at radius 2 is 2.00 bits per heavy atom. The Morgan fingerprint density at radius 1 is 1.25 bits per heavy atom. The number of aliphatic imine (C=N–C) groups is 1. The third kappa shape index (κ3) is 5.32. The van der Waals surface area contributed by atoms with Crippen LogP contribution in [0.2, 0.25) is 0 Å². The Balaban J connectivity index is 1.98. The fourth-order valence-corrected chi connectivity index (χ4v) is 3.09. The monoisotopic (exact) mass is 349 g/mol. The molecular weight excluding hydrogens is 325 g/mol. The Bertz CT molecular complexity index is 655. The molecule has 1 unspecified atom stereocenters. The molecule has 0 saturated heterocycles. The lowest BCUT2D eigenvalue weighted by molar-refractivity contribution is 0.106. The van der Waals surface area contributed by atoms with Gasteiger partial charge in [0.25, 0.3) is 0 Å². The molecule has 1 heterocycles. The number of methoxy groups -OCH3 is 1. The molecule has 0 spiro atoms. The van der Waals surface area contributed by atoms with E-state index in [1.807, 2.05) is 6.92 Å². The molecule has 0 radical (unpaired) electrons. The van der Waals surface area contributed by atoms with Gasteiger partial charge in [0.1, 0.15) is 5.82 Å². The summed E-state index contributed by atoms with van der Waals surface area (Å²) in [6.07, 6.45) is -0.169. The molecule has 24 heavy (non-hydrogen) atoms. The highest BCUT2D eigenvalue weighted by atomic mass is 32.1. The van der Waals surface area contributed by atoms with Gasteiger partial charge in [0.2, 0.25) is 0 Å². The molecule has 0 aliphatic rings. The van der Waals surface area contributed by atoms with E-state index in [0.29, 0.717) is 13.1 Å². The lowest BCUT2D eigenvalue weighted by Crippen LogP contribution is -2.39. The average molecular weight is 349 g/mol. The van der Waals surface area contributed by atoms with E-state index in [-0.39, 0.29) is 11.9 Å². The van der Waals surface area contributed by atoms with Gasteiger partial charge in [0.15, 0.2) is 5.96 Å². The molecule has 130 valence electrons. The Kier molecular flexibility index (Phi) is 7.21. The molecule has 0 amide bonds. The highest BCUT2D eigenvalue weighted by Crippen LogP contribution is 2.17. The number of hydrogen-bond acceptors (Lipinski definition) is 3. The molecule has 4 nitrogen and oxygen atoms in total. The number of thiophene rings is 1. The summed E-state index contributed by atoms with van der Waals surface area (Å²) >= 11 is 1.71. The maximum atomic E-state index is 13.1. The van der Waals surface area contributed by atoms with Crippen LogP contribution < -0.4 is 10.6 Å². The first-order valence-electron chi connectivity index (χ1n) is 7.97. The Morgan fingerprint density at radius 3 is 2.58 bits per heavy atom. The van der Waals surface area contributed by atoms with Crippen LogP contribution in [0, 0.1) is 12.7 Å². The van der Waals surface area contributed by atoms with Gasteiger partial charge in [-0.05, 0) is 48.6 Å². The molecule has 6 heteroatoms. The van der Waals surface area contributed by atoms with Gasteiger partial charge >= 0.3 is 0 Å². The van der Waals surface area contributed by atoms with Crippen molar-refractivity contribution in [1.29, 1.82) is 0 Å². The van der Waals surface area contributed by atoms with Crippen molar-refractivity contribution in [3.63, 3.8) is 0 Å². The zero-order valence-corrected chi connectivity index (χ0v) is 15.1. The van der Waals surface area contributed by atoms with E-state index < -0.39 is 0 Å². The number of nitrogens with one attached hydrogen (secondary N) is 2. The largest absolute Gasteiger partial charge is 0.375 e. The molecule has 2 N–H and O–H groups in total. The zero-order valence-electron chi connectivity index (χ0n) is 14.3. The van der Waals surface area contributed by atoms with Crippen molar-refractivity contribution in [1.82, 2.24) is 10.6 Å². The second-order valence-electron chi connectivity index (χ2n) is 5.38. The summed E-state index contributed by atoms with van der Waals surface area (Å²) in [5.41, 5.74) is 2.19. The predicted octanol–water partition coefficient (Wildman–Crippen LogP) is 3.64. The number of aryl methyl sites for hydroxylation is 1. The molecule has 1 aromatic carbocycles. The molecular formula is C18H24FN3OS. The van der Waals surface area contributed by atoms with Crippen molar-refractivity contribution < 1.29 is 9.13 Å². The molecule has 1 aromatic heterocycles. The zero-order chi connectivity index (χ0) is 17.4. The first-order valence-corrected chi connectivity index (χ1v) is 8.85. The minimum atomic E-state index is -0.247. The van der Waals surface area contributed by atoms with E-state index in [2.05, 4.69) is 34.0 Å². The van der Waals surface area contributed by atoms with Gasteiger partial charge in [0.05, 0.1) is 12.6 Å². The number of halogens is 1. The normalized spacial score (nSPS) is 12.9. The molecule has 0 saturated carbocycles. The maximum absolute atomic E-state index is 13.1. The van der Waals surface area contributed by atoms with Crippen molar-refractivity contribution in [2.45, 2.75) is 26.5 Å². The Labute approximate surface area is 146 Å². The SMILES string of the molecule is CCNC(=NCc1sccc1C)NCC(OC)c1ccc(F)cc1. The summed E-state index contributed by atoms with van der Waals surface area (Å²) in [6, 6.07) is 8.47. The van der Waals surface area contributed by atoms with Crippen LogP contribution in [0.3, 0.4) is 0 Å². The Hall–Kier alpha value is -1.92. The number of ether oxygens (including phenoxy) is 1. The van der Waals surface area contributed by atoms with Gasteiger partial charge in [-0.2, -0.15) is 0 Å². The number of guanidine groups is 1. The molecule has 2 rings (SSSR count). The van der Waals surface area contributed by atoms with Crippen LogP contribution in [0.25, 0.3) is 0 Å². The topological polar surface area (TPSA) is 45.7 Å². The first-order chi connectivity index (χ1) is 11.6. The fourth-order valence-electron chi connectivity index (χ4n) is 2.26. The lowest BCUT2D eigenvalue weighted by Gasteiger charge is -2.18. The van der Waals surface area contributed by atoms with Gasteiger partial charge in [-0.1, -0.05) is 12.1 Å². The van der Waals surface area contributed by atoms with Crippen molar-refractivity contribution in [3.05, 3.63) is 57.5 Å². The third-order valence-electron chi connectivity index (χ3n) is 3.67. The van der Waals surface area contributed by atoms with Gasteiger partial charge in [0, 0.05) is 25.1 Å². The minimum Gasteiger partial charge on any atom is -0.375 e. The molecule has 0 aliphatic carbocycles. The number of hydrogen-bond donors (Lipinski definition) is 2. The standard InChI is InChI=1S/C18H24FN3OS/c1-4-20-18(22-12-17-13(2)9-10-24-17)21-11-16(23-3)14-5-7-15(19)8-6-14/h5-10,16H,4,11-12H2,1-3H3,(H2,20,21,22). The quantitative estimate of drug-likeness (QED) is 0.593. The maximum Gasteiger partial charge on any atom is 0.191 e. The summed E-state index contributed by atoms with van der Waals surface area (Å²) in [4.78, 5) is 5.88. The highest BCUT2D eigenvalue weighted by Gasteiger charge is 2.11. The summed E-state index contributed by atoms with van der Waals surface area (Å²) in [5.74, 6) is 0.497. The molecule has 0 bridgehead atoms. The highest BCUT2D eigenvalue weighted by molar-refractivity contribution is 7.10. The van der Waals surface area contributed by atoms with Crippen molar-refractivity contribution in [3.8, 4) is 0 Å². The van der Waals surface area contributed by atoms with Crippen molar-refractivity contribution in [2.24, 2.45) is 4.99 Å². The van der Waals surface area contributed by atoms with Gasteiger partial charge in [-0.15, -0.1) is 11.3 Å². The number of rotatable bonds is 7. The van der Waals surface area contributed by atoms with Crippen LogP contribution in [-0.2, 0) is 11.3 Å². The van der Waals surface area contributed by atoms with Crippen molar-refractivity contribution >= 4 is 17.3 Å². The molecule has 0 fully saturated rings. The van der Waals surface area contributed by atoms with E-state index in [9.17, 15) is 4.39 Å². The van der Waals surface area contributed by atoms with E-state index in [1.165, 1.54) is 22.6 Å². The van der Waals surface area contributed by atoms with E-state index >= 15 is 0 Å². The van der Waals surface area contributed by atoms with Gasteiger partial charge in [-0.25, -0.2) is 9.38 Å². The summed E-state index contributed by atoms with van der Waals surface area (Å²) in [6.45, 7) is 6.10. The molecule has 2 aromatic rings. The van der Waals surface area contributed by atoms with Crippen LogP contribution in [0.5, 0.6) is 0 Å². The van der Waals surface area contributed by atoms with E-state index in [0.717, 1.165) is 18.1 Å². The smallest absolute Gasteiger partial charge is 0.191 e. The van der Waals surface area contributed by atoms with E-state index in [1.54, 1.807) is 30.6 Å². The van der Waals surface area contributed by atoms with Crippen LogP contribution in [0.15, 0.2) is 40.7 Å². The summed E-state index contributed by atoms with van der Waals surface area (Å²) in [7, 11) is 1.65. The minimum absolute atomic E-state index is 0.169. The van der Waals surface area contributed by atoms with Crippen LogP contribution >= 0.6 is 11.3 Å². The summed E-state index contributed by atoms with van der Waals surface area (Å²) < 4.78 is 18.6. The fraction of sp³-hybridized carbons (Fsp3) is 0.389. The first kappa shape index (κ1) is 18.4. The van der Waals surface area contributed by atoms with E-state index in [4.69, 9.17) is 4.74 Å². The van der Waals surface area contributed by atoms with Crippen molar-refractivity contribution in [2.75, 3.05) is 20.2 Å². The van der Waals surface area contributed by atoms with Crippen LogP contribution in [0.1, 0.15) is 29.0 Å². The third-order valence-corrected chi connectivity index (χ3v) is 4.68. The average Bonchev–Trinajstić information content (AvgIpc) is 2.99. The number of nitrogens with zero attached hydrogens (tertiary/aromatic N) is 1. The molecule has 1 atom stereocenters. The lowest BCUT2D eigenvalue weighted by atomic mass is 10.1. The molecule has 0 aliphatic heterocycles. The second-order valence-corrected chi connectivity index (χ2v) is 6.38. The van der Waals surface area contributed by atoms with Crippen LogP contribution in [0.4, 0.5) is 4.39 Å². The van der Waals surface area contributed by atoms with Gasteiger partial charge in [-0.3, -0.25) is 0 Å².